The molecule has 4 nitrogen and oxygen atoms in total. The van der Waals surface area contributed by atoms with E-state index in [0.29, 0.717) is 18.7 Å². The number of rotatable bonds is 2. The summed E-state index contributed by atoms with van der Waals surface area (Å²) in [5.41, 5.74) is 1.22. The van der Waals surface area contributed by atoms with E-state index >= 15 is 0 Å². The van der Waals surface area contributed by atoms with Gasteiger partial charge < -0.3 is 15.3 Å². The van der Waals surface area contributed by atoms with Crippen LogP contribution in [-0.4, -0.2) is 30.1 Å². The van der Waals surface area contributed by atoms with E-state index in [4.69, 9.17) is 0 Å². The molecule has 0 spiro atoms. The molecule has 0 bridgehead atoms. The summed E-state index contributed by atoms with van der Waals surface area (Å²) in [6.07, 6.45) is 0. The van der Waals surface area contributed by atoms with Crippen LogP contribution < -0.4 is 10.2 Å². The van der Waals surface area contributed by atoms with Gasteiger partial charge >= 0.3 is 0 Å². The zero-order valence-electron chi connectivity index (χ0n) is 9.61. The molecular formula is C12H15FN2O2. The van der Waals surface area contributed by atoms with Crippen molar-refractivity contribution in [3.63, 3.8) is 0 Å². The van der Waals surface area contributed by atoms with Gasteiger partial charge in [0.15, 0.2) is 0 Å². The van der Waals surface area contributed by atoms with Crippen LogP contribution in [0.15, 0.2) is 18.2 Å². The zero-order valence-corrected chi connectivity index (χ0v) is 9.61. The number of hydrogen-bond donors (Lipinski definition) is 2. The van der Waals surface area contributed by atoms with Gasteiger partial charge in [0.1, 0.15) is 11.9 Å². The van der Waals surface area contributed by atoms with Crippen molar-refractivity contribution >= 4 is 11.6 Å². The molecule has 1 aliphatic heterocycles. The molecular weight excluding hydrogens is 223 g/mol. The predicted octanol–water partition coefficient (Wildman–Crippen LogP) is 0.643. The molecule has 0 saturated carbocycles. The zero-order chi connectivity index (χ0) is 12.4. The highest BCUT2D eigenvalue weighted by Crippen LogP contribution is 2.24. The standard InChI is InChI=1S/C12H15FN2O2/c1-8-12(17)14-4-5-15(8)11-3-2-10(13)6-9(11)7-16/h2-3,6,8,16H,4-5,7H2,1H3,(H,14,17). The molecule has 1 atom stereocenters. The van der Waals surface area contributed by atoms with Gasteiger partial charge in [0.25, 0.3) is 0 Å². The molecule has 92 valence electrons. The van der Waals surface area contributed by atoms with Gasteiger partial charge in [-0.2, -0.15) is 0 Å². The summed E-state index contributed by atoms with van der Waals surface area (Å²) in [7, 11) is 0. The maximum absolute atomic E-state index is 13.1. The fourth-order valence-electron chi connectivity index (χ4n) is 2.07. The molecule has 1 amide bonds. The van der Waals surface area contributed by atoms with E-state index in [2.05, 4.69) is 5.32 Å². The van der Waals surface area contributed by atoms with Crippen molar-refractivity contribution in [2.45, 2.75) is 19.6 Å². The second-order valence-electron chi connectivity index (χ2n) is 4.09. The second-order valence-corrected chi connectivity index (χ2v) is 4.09. The van der Waals surface area contributed by atoms with Gasteiger partial charge in [-0.1, -0.05) is 0 Å². The summed E-state index contributed by atoms with van der Waals surface area (Å²) in [6, 6.07) is 3.94. The Morgan fingerprint density at radius 2 is 2.35 bits per heavy atom. The normalized spacial score (nSPS) is 20.3. The topological polar surface area (TPSA) is 52.6 Å². The van der Waals surface area contributed by atoms with Crippen molar-refractivity contribution in [1.29, 1.82) is 0 Å². The Kier molecular flexibility index (Phi) is 3.28. The van der Waals surface area contributed by atoms with Crippen molar-refractivity contribution in [2.75, 3.05) is 18.0 Å². The van der Waals surface area contributed by atoms with Crippen LogP contribution in [0.25, 0.3) is 0 Å². The van der Waals surface area contributed by atoms with E-state index in [1.54, 1.807) is 13.0 Å². The highest BCUT2D eigenvalue weighted by Gasteiger charge is 2.26. The number of carbonyl (C=O) groups excluding carboxylic acids is 1. The molecule has 1 heterocycles. The Morgan fingerprint density at radius 1 is 1.59 bits per heavy atom. The minimum atomic E-state index is -0.382. The Morgan fingerprint density at radius 3 is 3.06 bits per heavy atom. The van der Waals surface area contributed by atoms with Crippen LogP contribution in [0.4, 0.5) is 10.1 Å². The lowest BCUT2D eigenvalue weighted by Crippen LogP contribution is -2.54. The molecule has 1 aromatic carbocycles. The average molecular weight is 238 g/mol. The number of piperazine rings is 1. The van der Waals surface area contributed by atoms with Crippen molar-refractivity contribution in [3.8, 4) is 0 Å². The highest BCUT2D eigenvalue weighted by atomic mass is 19.1. The average Bonchev–Trinajstić information content (AvgIpc) is 2.33. The number of carbonyl (C=O) groups is 1. The smallest absolute Gasteiger partial charge is 0.242 e. The fraction of sp³-hybridized carbons (Fsp3) is 0.417. The number of halogens is 1. The number of anilines is 1. The molecule has 0 aromatic heterocycles. The van der Waals surface area contributed by atoms with Gasteiger partial charge in [-0.3, -0.25) is 4.79 Å². The lowest BCUT2D eigenvalue weighted by molar-refractivity contribution is -0.122. The first-order valence-corrected chi connectivity index (χ1v) is 5.57. The molecule has 2 rings (SSSR count). The van der Waals surface area contributed by atoms with Crippen molar-refractivity contribution in [1.82, 2.24) is 5.32 Å². The molecule has 17 heavy (non-hydrogen) atoms. The number of aliphatic hydroxyl groups is 1. The maximum Gasteiger partial charge on any atom is 0.242 e. The quantitative estimate of drug-likeness (QED) is 0.795. The molecule has 1 unspecified atom stereocenters. The van der Waals surface area contributed by atoms with Gasteiger partial charge in [0.05, 0.1) is 6.61 Å². The third-order valence-electron chi connectivity index (χ3n) is 3.02. The predicted molar refractivity (Wildman–Crippen MR) is 62.1 cm³/mol. The van der Waals surface area contributed by atoms with E-state index in [-0.39, 0.29) is 24.4 Å². The largest absolute Gasteiger partial charge is 0.392 e. The van der Waals surface area contributed by atoms with Crippen molar-refractivity contribution in [2.24, 2.45) is 0 Å². The van der Waals surface area contributed by atoms with Gasteiger partial charge in [-0.15, -0.1) is 0 Å². The number of amides is 1. The summed E-state index contributed by atoms with van der Waals surface area (Å²) in [4.78, 5) is 13.4. The lowest BCUT2D eigenvalue weighted by atomic mass is 10.1. The number of aliphatic hydroxyl groups excluding tert-OH is 1. The van der Waals surface area contributed by atoms with Gasteiger partial charge in [-0.05, 0) is 25.1 Å². The van der Waals surface area contributed by atoms with E-state index in [1.165, 1.54) is 12.1 Å². The van der Waals surface area contributed by atoms with Crippen LogP contribution in [-0.2, 0) is 11.4 Å². The summed E-state index contributed by atoms with van der Waals surface area (Å²) < 4.78 is 13.1. The number of nitrogens with zero attached hydrogens (tertiary/aromatic N) is 1. The first kappa shape index (κ1) is 11.9. The highest BCUT2D eigenvalue weighted by molar-refractivity contribution is 5.86. The molecule has 0 radical (unpaired) electrons. The van der Waals surface area contributed by atoms with E-state index in [9.17, 15) is 14.3 Å². The molecule has 1 saturated heterocycles. The van der Waals surface area contributed by atoms with Crippen LogP contribution in [0.5, 0.6) is 0 Å². The second kappa shape index (κ2) is 4.71. The third kappa shape index (κ3) is 2.24. The first-order chi connectivity index (χ1) is 8.13. The SMILES string of the molecule is CC1C(=O)NCCN1c1ccc(F)cc1CO. The molecule has 2 N–H and O–H groups in total. The van der Waals surface area contributed by atoms with Crippen molar-refractivity contribution < 1.29 is 14.3 Å². The van der Waals surface area contributed by atoms with Gasteiger partial charge in [-0.25, -0.2) is 4.39 Å². The summed E-state index contributed by atoms with van der Waals surface area (Å²) >= 11 is 0. The number of benzene rings is 1. The Labute approximate surface area is 99.0 Å². The molecule has 0 aliphatic carbocycles. The third-order valence-corrected chi connectivity index (χ3v) is 3.02. The van der Waals surface area contributed by atoms with Gasteiger partial charge in [0, 0.05) is 24.3 Å². The van der Waals surface area contributed by atoms with Gasteiger partial charge in [0.2, 0.25) is 5.91 Å². The van der Waals surface area contributed by atoms with Crippen molar-refractivity contribution in [3.05, 3.63) is 29.6 Å². The Bertz CT molecular complexity index is 437. The first-order valence-electron chi connectivity index (χ1n) is 5.57. The molecule has 1 aliphatic rings. The lowest BCUT2D eigenvalue weighted by Gasteiger charge is -2.35. The van der Waals surface area contributed by atoms with Crippen LogP contribution in [0, 0.1) is 5.82 Å². The summed E-state index contributed by atoms with van der Waals surface area (Å²) in [6.45, 7) is 2.77. The number of hydrogen-bond acceptors (Lipinski definition) is 3. The number of nitrogens with one attached hydrogen (secondary N) is 1. The summed E-state index contributed by atoms with van der Waals surface area (Å²) in [5, 5.41) is 12.0. The van der Waals surface area contributed by atoms with E-state index in [1.807, 2.05) is 4.90 Å². The minimum absolute atomic E-state index is 0.0514. The van der Waals surface area contributed by atoms with E-state index in [0.717, 1.165) is 5.69 Å². The molecule has 5 heteroatoms. The van der Waals surface area contributed by atoms with E-state index < -0.39 is 0 Å². The minimum Gasteiger partial charge on any atom is -0.392 e. The Hall–Kier alpha value is -1.62. The fourth-order valence-corrected chi connectivity index (χ4v) is 2.07. The monoisotopic (exact) mass is 238 g/mol. The molecule has 1 aromatic rings. The maximum atomic E-state index is 13.1. The van der Waals surface area contributed by atoms with Crippen LogP contribution in [0.2, 0.25) is 0 Å². The van der Waals surface area contributed by atoms with Crippen LogP contribution >= 0.6 is 0 Å². The molecule has 1 fully saturated rings. The van der Waals surface area contributed by atoms with Crippen LogP contribution in [0.3, 0.4) is 0 Å². The summed E-state index contributed by atoms with van der Waals surface area (Å²) in [5.74, 6) is -0.434. The van der Waals surface area contributed by atoms with Crippen LogP contribution in [0.1, 0.15) is 12.5 Å². The Balaban J connectivity index is 2.35.